The van der Waals surface area contributed by atoms with E-state index in [0.29, 0.717) is 6.54 Å². The summed E-state index contributed by atoms with van der Waals surface area (Å²) in [5.74, 6) is -0.130. The van der Waals surface area contributed by atoms with Gasteiger partial charge in [0.15, 0.2) is 0 Å². The van der Waals surface area contributed by atoms with Crippen LogP contribution in [0.25, 0.3) is 0 Å². The van der Waals surface area contributed by atoms with Gasteiger partial charge in [0, 0.05) is 18.7 Å². The number of likely N-dealkylation sites (N-methyl/N-ethyl adjacent to an activating group) is 1. The zero-order chi connectivity index (χ0) is 10.0. The molecule has 1 nitrogen and oxygen atoms in total. The minimum Gasteiger partial charge on any atom is -0.298 e. The molecule has 1 aliphatic rings. The summed E-state index contributed by atoms with van der Waals surface area (Å²) in [6, 6.07) is 0. The minimum atomic E-state index is -0.130. The first-order valence-corrected chi connectivity index (χ1v) is 4.41. The lowest BCUT2D eigenvalue weighted by Gasteiger charge is -2.02. The Morgan fingerprint density at radius 3 is 2.46 bits per heavy atom. The number of likely N-dealkylation sites (tertiary alicyclic amines) is 1. The van der Waals surface area contributed by atoms with Crippen LogP contribution in [0.4, 0.5) is 4.39 Å². The fourth-order valence-electron chi connectivity index (χ4n) is 1.44. The molecule has 0 unspecified atom stereocenters. The van der Waals surface area contributed by atoms with Crippen LogP contribution >= 0.6 is 0 Å². The average molecular weight is 181 g/mol. The Morgan fingerprint density at radius 1 is 1.46 bits per heavy atom. The monoisotopic (exact) mass is 181 g/mol. The summed E-state index contributed by atoms with van der Waals surface area (Å²) in [7, 11) is 1.97. The lowest BCUT2D eigenvalue weighted by atomic mass is 10.1. The van der Waals surface area contributed by atoms with Gasteiger partial charge in [0.25, 0.3) is 0 Å². The quantitative estimate of drug-likeness (QED) is 0.601. The predicted octanol–water partition coefficient (Wildman–Crippen LogP) is 2.68. The van der Waals surface area contributed by atoms with Crippen LogP contribution in [0, 0.1) is 0 Å². The molecule has 13 heavy (non-hydrogen) atoms. The third-order valence-corrected chi connectivity index (χ3v) is 2.02. The second-order valence-corrected chi connectivity index (χ2v) is 3.82. The Kier molecular flexibility index (Phi) is 3.04. The minimum absolute atomic E-state index is 0.130. The normalized spacial score (nSPS) is 22.0. The van der Waals surface area contributed by atoms with Crippen molar-refractivity contribution in [3.8, 4) is 0 Å². The van der Waals surface area contributed by atoms with Gasteiger partial charge in [0.05, 0.1) is 0 Å². The van der Waals surface area contributed by atoms with Crippen LogP contribution in [0.15, 0.2) is 35.2 Å². The molecule has 0 bridgehead atoms. The number of hydrogen-bond donors (Lipinski definition) is 0. The summed E-state index contributed by atoms with van der Waals surface area (Å²) < 4.78 is 13.5. The maximum absolute atomic E-state index is 13.5. The highest BCUT2D eigenvalue weighted by Crippen LogP contribution is 2.24. The number of hydrogen-bond acceptors (Lipinski definition) is 1. The smallest absolute Gasteiger partial charge is 0.127 e. The fourth-order valence-corrected chi connectivity index (χ4v) is 1.44. The molecule has 0 aromatic heterocycles. The van der Waals surface area contributed by atoms with Crippen molar-refractivity contribution in [3.05, 3.63) is 35.2 Å². The number of rotatable bonds is 1. The molecule has 0 aromatic carbocycles. The summed E-state index contributed by atoms with van der Waals surface area (Å²) in [6.07, 6.45) is 1.57. The third kappa shape index (κ3) is 2.52. The SMILES string of the molecule is C=C1CN(C)C/C1=C(\F)C=C(C)C. The number of allylic oxidation sites excluding steroid dienone is 3. The van der Waals surface area contributed by atoms with Crippen molar-refractivity contribution < 1.29 is 4.39 Å². The van der Waals surface area contributed by atoms with Gasteiger partial charge in [-0.1, -0.05) is 12.2 Å². The zero-order valence-electron chi connectivity index (χ0n) is 8.52. The molecule has 0 aromatic rings. The lowest BCUT2D eigenvalue weighted by molar-refractivity contribution is 0.435. The summed E-state index contributed by atoms with van der Waals surface area (Å²) >= 11 is 0. The van der Waals surface area contributed by atoms with E-state index >= 15 is 0 Å². The predicted molar refractivity (Wildman–Crippen MR) is 54.2 cm³/mol. The summed E-state index contributed by atoms with van der Waals surface area (Å²) in [5, 5.41) is 0. The molecular formula is C11H16FN. The van der Waals surface area contributed by atoms with Crippen LogP contribution in [-0.2, 0) is 0 Å². The van der Waals surface area contributed by atoms with Crippen LogP contribution < -0.4 is 0 Å². The van der Waals surface area contributed by atoms with Crippen LogP contribution in [0.2, 0.25) is 0 Å². The Labute approximate surface area is 79.2 Å². The van der Waals surface area contributed by atoms with Gasteiger partial charge >= 0.3 is 0 Å². The highest BCUT2D eigenvalue weighted by molar-refractivity contribution is 5.41. The Bertz CT molecular complexity index is 282. The molecule has 1 aliphatic heterocycles. The second-order valence-electron chi connectivity index (χ2n) is 3.82. The highest BCUT2D eigenvalue weighted by Gasteiger charge is 2.19. The summed E-state index contributed by atoms with van der Waals surface area (Å²) in [6.45, 7) is 9.08. The molecule has 1 heterocycles. The van der Waals surface area contributed by atoms with E-state index in [1.54, 1.807) is 6.08 Å². The molecule has 1 fully saturated rings. The molecule has 0 spiro atoms. The van der Waals surface area contributed by atoms with Crippen LogP contribution in [-0.4, -0.2) is 25.0 Å². The second kappa shape index (κ2) is 3.88. The molecule has 0 atom stereocenters. The first-order chi connectivity index (χ1) is 6.00. The molecule has 0 amide bonds. The molecule has 1 saturated heterocycles. The molecule has 0 aliphatic carbocycles. The highest BCUT2D eigenvalue weighted by atomic mass is 19.1. The number of nitrogens with zero attached hydrogens (tertiary/aromatic N) is 1. The molecule has 0 saturated carbocycles. The largest absolute Gasteiger partial charge is 0.298 e. The van der Waals surface area contributed by atoms with Gasteiger partial charge in [-0.25, -0.2) is 4.39 Å². The average Bonchev–Trinajstić information content (AvgIpc) is 2.28. The van der Waals surface area contributed by atoms with E-state index in [1.165, 1.54) is 0 Å². The van der Waals surface area contributed by atoms with Crippen molar-refractivity contribution in [2.24, 2.45) is 0 Å². The standard InChI is InChI=1S/C11H16FN/c1-8(2)5-11(12)10-7-13(4)6-9(10)3/h5H,3,6-7H2,1-2,4H3/b11-10+. The Morgan fingerprint density at radius 2 is 2.08 bits per heavy atom. The van der Waals surface area contributed by atoms with Gasteiger partial charge in [0.2, 0.25) is 0 Å². The lowest BCUT2D eigenvalue weighted by Crippen LogP contribution is -2.11. The van der Waals surface area contributed by atoms with E-state index in [0.717, 1.165) is 23.3 Å². The van der Waals surface area contributed by atoms with Crippen LogP contribution in [0.5, 0.6) is 0 Å². The van der Waals surface area contributed by atoms with Crippen LogP contribution in [0.3, 0.4) is 0 Å². The van der Waals surface area contributed by atoms with E-state index in [1.807, 2.05) is 20.9 Å². The van der Waals surface area contributed by atoms with Crippen molar-refractivity contribution in [2.45, 2.75) is 13.8 Å². The summed E-state index contributed by atoms with van der Waals surface area (Å²) in [5.41, 5.74) is 2.63. The van der Waals surface area contributed by atoms with E-state index in [9.17, 15) is 4.39 Å². The van der Waals surface area contributed by atoms with Gasteiger partial charge in [-0.3, -0.25) is 4.90 Å². The first-order valence-electron chi connectivity index (χ1n) is 4.41. The van der Waals surface area contributed by atoms with E-state index in [2.05, 4.69) is 11.5 Å². The van der Waals surface area contributed by atoms with Crippen molar-refractivity contribution in [3.63, 3.8) is 0 Å². The Hall–Kier alpha value is -0.890. The van der Waals surface area contributed by atoms with Gasteiger partial charge in [-0.05, 0) is 32.5 Å². The van der Waals surface area contributed by atoms with Crippen molar-refractivity contribution >= 4 is 0 Å². The van der Waals surface area contributed by atoms with Crippen molar-refractivity contribution in [2.75, 3.05) is 20.1 Å². The molecular weight excluding hydrogens is 165 g/mol. The molecule has 72 valence electrons. The van der Waals surface area contributed by atoms with Crippen LogP contribution in [0.1, 0.15) is 13.8 Å². The first kappa shape index (κ1) is 10.2. The maximum atomic E-state index is 13.5. The van der Waals surface area contributed by atoms with Gasteiger partial charge < -0.3 is 0 Å². The molecule has 1 rings (SSSR count). The van der Waals surface area contributed by atoms with Gasteiger partial charge in [0.1, 0.15) is 5.83 Å². The topological polar surface area (TPSA) is 3.24 Å². The van der Waals surface area contributed by atoms with Crippen molar-refractivity contribution in [1.82, 2.24) is 4.90 Å². The summed E-state index contributed by atoms with van der Waals surface area (Å²) in [4.78, 5) is 2.05. The van der Waals surface area contributed by atoms with E-state index in [-0.39, 0.29) is 5.83 Å². The van der Waals surface area contributed by atoms with Crippen molar-refractivity contribution in [1.29, 1.82) is 0 Å². The molecule has 2 heteroatoms. The zero-order valence-corrected chi connectivity index (χ0v) is 8.52. The third-order valence-electron chi connectivity index (χ3n) is 2.02. The van der Waals surface area contributed by atoms with E-state index in [4.69, 9.17) is 0 Å². The van der Waals surface area contributed by atoms with Gasteiger partial charge in [-0.2, -0.15) is 0 Å². The Balaban J connectivity index is 2.92. The molecule has 0 N–H and O–H groups in total. The number of halogens is 1. The fraction of sp³-hybridized carbons (Fsp3) is 0.455. The molecule has 0 radical (unpaired) electrons. The van der Waals surface area contributed by atoms with Gasteiger partial charge in [-0.15, -0.1) is 0 Å². The maximum Gasteiger partial charge on any atom is 0.127 e. The van der Waals surface area contributed by atoms with E-state index < -0.39 is 0 Å².